The summed E-state index contributed by atoms with van der Waals surface area (Å²) in [6, 6.07) is 0. The lowest BCUT2D eigenvalue weighted by Gasteiger charge is -2.13. The number of carbonyl (C=O) groups excluding carboxylic acids is 1. The van der Waals surface area contributed by atoms with Gasteiger partial charge in [-0.05, 0) is 38.5 Å². The molecule has 0 aliphatic rings. The van der Waals surface area contributed by atoms with Crippen LogP contribution >= 0.6 is 0 Å². The highest BCUT2D eigenvalue weighted by molar-refractivity contribution is 5.79. The van der Waals surface area contributed by atoms with Crippen molar-refractivity contribution in [2.24, 2.45) is 5.92 Å². The molecule has 0 aromatic heterocycles. The topological polar surface area (TPSA) is 63.6 Å². The van der Waals surface area contributed by atoms with Crippen molar-refractivity contribution in [2.75, 3.05) is 6.61 Å². The number of carboxylic acid groups (broad SMARTS) is 1. The third-order valence-corrected chi connectivity index (χ3v) is 6.77. The number of ether oxygens (including phenoxy) is 1. The minimum Gasteiger partial charge on any atom is -0.481 e. The molecule has 0 fully saturated rings. The van der Waals surface area contributed by atoms with Crippen LogP contribution in [0.2, 0.25) is 0 Å². The van der Waals surface area contributed by atoms with Gasteiger partial charge in [-0.2, -0.15) is 0 Å². The van der Waals surface area contributed by atoms with E-state index in [4.69, 9.17) is 9.84 Å². The summed E-state index contributed by atoms with van der Waals surface area (Å²) in [5.74, 6) is -1.76. The van der Waals surface area contributed by atoms with E-state index >= 15 is 0 Å². The summed E-state index contributed by atoms with van der Waals surface area (Å²) in [6.45, 7) is 4.60. The number of aliphatic carboxylic acids is 1. The van der Waals surface area contributed by atoms with Gasteiger partial charge in [0.25, 0.3) is 0 Å². The molecule has 0 radical (unpaired) electrons. The van der Waals surface area contributed by atoms with E-state index in [2.05, 4.69) is 19.1 Å². The summed E-state index contributed by atoms with van der Waals surface area (Å²) in [6.07, 6.45) is 32.2. The van der Waals surface area contributed by atoms with E-state index in [0.29, 0.717) is 13.0 Å². The average Bonchev–Trinajstić information content (AvgIpc) is 2.84. The Hall–Kier alpha value is -1.32. The summed E-state index contributed by atoms with van der Waals surface area (Å²) >= 11 is 0. The van der Waals surface area contributed by atoms with E-state index in [9.17, 15) is 9.59 Å². The molecule has 0 amide bonds. The Balaban J connectivity index is 3.44. The largest absolute Gasteiger partial charge is 0.481 e. The van der Waals surface area contributed by atoms with Crippen LogP contribution in [0.25, 0.3) is 0 Å². The van der Waals surface area contributed by atoms with Crippen LogP contribution in [-0.4, -0.2) is 23.7 Å². The molecule has 35 heavy (non-hydrogen) atoms. The van der Waals surface area contributed by atoms with E-state index in [-0.39, 0.29) is 12.4 Å². The second-order valence-electron chi connectivity index (χ2n) is 10.3. The third kappa shape index (κ3) is 25.6. The van der Waals surface area contributed by atoms with Gasteiger partial charge in [0.05, 0.1) is 18.9 Å². The summed E-state index contributed by atoms with van der Waals surface area (Å²) in [4.78, 5) is 23.0. The SMILES string of the molecule is CCCCCCCCCCCCCCC/C=C/CCCCCCCC(CC(=O)O)C(=O)OCCC. The first-order valence-electron chi connectivity index (χ1n) is 15.1. The predicted molar refractivity (Wildman–Crippen MR) is 149 cm³/mol. The predicted octanol–water partition coefficient (Wildman–Crippen LogP) is 9.80. The van der Waals surface area contributed by atoms with Gasteiger partial charge in [0, 0.05) is 0 Å². The standard InChI is InChI=1S/C31H58O4/c1-3-5-6-7-8-9-10-11-12-13-14-15-16-17-18-19-20-21-22-23-24-25-26-29(28-30(32)33)31(34)35-27-4-2/h18-19,29H,3-17,20-28H2,1-2H3,(H,32,33)/b19-18+. The van der Waals surface area contributed by atoms with Crippen molar-refractivity contribution in [3.8, 4) is 0 Å². The molecule has 1 N–H and O–H groups in total. The highest BCUT2D eigenvalue weighted by Gasteiger charge is 2.22. The number of hydrogen-bond donors (Lipinski definition) is 1. The molecule has 0 aromatic rings. The molecule has 0 spiro atoms. The highest BCUT2D eigenvalue weighted by atomic mass is 16.5. The lowest BCUT2D eigenvalue weighted by atomic mass is 9.97. The van der Waals surface area contributed by atoms with Crippen molar-refractivity contribution in [1.29, 1.82) is 0 Å². The number of rotatable bonds is 27. The summed E-state index contributed by atoms with van der Waals surface area (Å²) in [5, 5.41) is 9.02. The van der Waals surface area contributed by atoms with Crippen LogP contribution in [0.4, 0.5) is 0 Å². The second kappa shape index (κ2) is 27.3. The molecule has 0 aliphatic carbocycles. The second-order valence-corrected chi connectivity index (χ2v) is 10.3. The number of esters is 1. The third-order valence-electron chi connectivity index (χ3n) is 6.77. The van der Waals surface area contributed by atoms with Crippen LogP contribution in [0.1, 0.15) is 162 Å². The normalized spacial score (nSPS) is 12.3. The quantitative estimate of drug-likeness (QED) is 0.0701. The van der Waals surface area contributed by atoms with Gasteiger partial charge in [0.2, 0.25) is 0 Å². The first-order chi connectivity index (χ1) is 17.1. The van der Waals surface area contributed by atoms with Gasteiger partial charge < -0.3 is 9.84 Å². The van der Waals surface area contributed by atoms with Crippen molar-refractivity contribution in [3.05, 3.63) is 12.2 Å². The lowest BCUT2D eigenvalue weighted by Crippen LogP contribution is -2.21. The first-order valence-corrected chi connectivity index (χ1v) is 15.1. The van der Waals surface area contributed by atoms with Crippen LogP contribution in [0, 0.1) is 5.92 Å². The Morgan fingerprint density at radius 3 is 1.49 bits per heavy atom. The van der Waals surface area contributed by atoms with Crippen LogP contribution in [-0.2, 0) is 14.3 Å². The van der Waals surface area contributed by atoms with Gasteiger partial charge >= 0.3 is 11.9 Å². The molecule has 1 atom stereocenters. The van der Waals surface area contributed by atoms with Gasteiger partial charge in [0.1, 0.15) is 0 Å². The number of hydrogen-bond acceptors (Lipinski definition) is 3. The summed E-state index contributed by atoms with van der Waals surface area (Å²) < 4.78 is 5.14. The first kappa shape index (κ1) is 33.7. The molecule has 0 saturated heterocycles. The van der Waals surface area contributed by atoms with Gasteiger partial charge in [-0.3, -0.25) is 9.59 Å². The molecule has 4 heteroatoms. The zero-order valence-corrected chi connectivity index (χ0v) is 23.4. The number of carboxylic acids is 1. The minimum absolute atomic E-state index is 0.118. The van der Waals surface area contributed by atoms with E-state index in [1.165, 1.54) is 103 Å². The Morgan fingerprint density at radius 1 is 0.629 bits per heavy atom. The van der Waals surface area contributed by atoms with Gasteiger partial charge in [-0.1, -0.05) is 129 Å². The molecular formula is C31H58O4. The van der Waals surface area contributed by atoms with Crippen molar-refractivity contribution in [1.82, 2.24) is 0 Å². The molecule has 206 valence electrons. The maximum absolute atomic E-state index is 12.0. The van der Waals surface area contributed by atoms with E-state index in [1.807, 2.05) is 6.92 Å². The number of carbonyl (C=O) groups is 2. The molecule has 0 bridgehead atoms. The van der Waals surface area contributed by atoms with Crippen molar-refractivity contribution >= 4 is 11.9 Å². The van der Waals surface area contributed by atoms with Gasteiger partial charge in [-0.25, -0.2) is 0 Å². The molecule has 1 unspecified atom stereocenters. The Kier molecular flexibility index (Phi) is 26.2. The zero-order chi connectivity index (χ0) is 25.8. The Labute approximate surface area is 217 Å². The van der Waals surface area contributed by atoms with Crippen LogP contribution in [0.3, 0.4) is 0 Å². The van der Waals surface area contributed by atoms with E-state index in [1.54, 1.807) is 0 Å². The van der Waals surface area contributed by atoms with E-state index in [0.717, 1.165) is 32.1 Å². The smallest absolute Gasteiger partial charge is 0.309 e. The summed E-state index contributed by atoms with van der Waals surface area (Å²) in [5.41, 5.74) is 0. The highest BCUT2D eigenvalue weighted by Crippen LogP contribution is 2.18. The average molecular weight is 495 g/mol. The van der Waals surface area contributed by atoms with Gasteiger partial charge in [0.15, 0.2) is 0 Å². The molecule has 0 saturated carbocycles. The molecule has 0 aromatic carbocycles. The molecular weight excluding hydrogens is 436 g/mol. The molecule has 4 nitrogen and oxygen atoms in total. The summed E-state index contributed by atoms with van der Waals surface area (Å²) in [7, 11) is 0. The fourth-order valence-corrected chi connectivity index (χ4v) is 4.53. The van der Waals surface area contributed by atoms with Crippen molar-refractivity contribution in [2.45, 2.75) is 162 Å². The van der Waals surface area contributed by atoms with Gasteiger partial charge in [-0.15, -0.1) is 0 Å². The monoisotopic (exact) mass is 494 g/mol. The Bertz CT molecular complexity index is 500. The number of unbranched alkanes of at least 4 members (excludes halogenated alkanes) is 18. The molecule has 0 heterocycles. The maximum Gasteiger partial charge on any atom is 0.309 e. The van der Waals surface area contributed by atoms with Crippen molar-refractivity contribution in [3.63, 3.8) is 0 Å². The number of allylic oxidation sites excluding steroid dienone is 2. The van der Waals surface area contributed by atoms with Crippen LogP contribution < -0.4 is 0 Å². The minimum atomic E-state index is -0.922. The van der Waals surface area contributed by atoms with Crippen LogP contribution in [0.15, 0.2) is 12.2 Å². The van der Waals surface area contributed by atoms with Crippen molar-refractivity contribution < 1.29 is 19.4 Å². The lowest BCUT2D eigenvalue weighted by molar-refractivity contribution is -0.153. The molecule has 0 aliphatic heterocycles. The fourth-order valence-electron chi connectivity index (χ4n) is 4.53. The maximum atomic E-state index is 12.0. The Morgan fingerprint density at radius 2 is 1.06 bits per heavy atom. The zero-order valence-electron chi connectivity index (χ0n) is 23.4. The van der Waals surface area contributed by atoms with Crippen LogP contribution in [0.5, 0.6) is 0 Å². The van der Waals surface area contributed by atoms with E-state index < -0.39 is 11.9 Å². The fraction of sp³-hybridized carbons (Fsp3) is 0.871. The molecule has 0 rings (SSSR count).